The lowest BCUT2D eigenvalue weighted by Gasteiger charge is -2.18. The molecule has 0 aromatic carbocycles. The topological polar surface area (TPSA) is 78.9 Å². The Kier molecular flexibility index (Phi) is 50.8. The van der Waals surface area contributed by atoms with Crippen molar-refractivity contribution in [2.75, 3.05) is 13.2 Å². The second kappa shape index (κ2) is 53.0. The molecule has 0 aliphatic heterocycles. The number of unbranched alkanes of at least 4 members (excludes halogenated alkanes) is 31. The molecule has 0 bridgehead atoms. The second-order valence-corrected chi connectivity index (χ2v) is 18.5. The van der Waals surface area contributed by atoms with Gasteiger partial charge in [0, 0.05) is 19.3 Å². The summed E-state index contributed by atoms with van der Waals surface area (Å²) in [7, 11) is 0. The maximum atomic E-state index is 12.8. The van der Waals surface area contributed by atoms with Crippen LogP contribution in [-0.4, -0.2) is 37.2 Å². The Morgan fingerprint density at radius 1 is 0.312 bits per heavy atom. The van der Waals surface area contributed by atoms with Crippen LogP contribution in [0.5, 0.6) is 0 Å². The molecule has 0 aliphatic carbocycles. The lowest BCUT2D eigenvalue weighted by Crippen LogP contribution is -2.30. The number of hydrogen-bond acceptors (Lipinski definition) is 6. The van der Waals surface area contributed by atoms with Gasteiger partial charge in [0.15, 0.2) is 6.10 Å². The zero-order valence-electron chi connectivity index (χ0n) is 42.6. The van der Waals surface area contributed by atoms with Gasteiger partial charge in [-0.25, -0.2) is 0 Å². The predicted octanol–water partition coefficient (Wildman–Crippen LogP) is 18.3. The molecule has 0 aromatic heterocycles. The minimum atomic E-state index is -0.779. The Labute approximate surface area is 397 Å². The first-order valence-corrected chi connectivity index (χ1v) is 27.6. The molecule has 0 N–H and O–H groups in total. The maximum absolute atomic E-state index is 12.8. The minimum absolute atomic E-state index is 0.0794. The van der Waals surface area contributed by atoms with Crippen LogP contribution in [0.1, 0.15) is 284 Å². The van der Waals surface area contributed by atoms with E-state index < -0.39 is 6.10 Å². The summed E-state index contributed by atoms with van der Waals surface area (Å²) in [6.45, 7) is 6.58. The van der Waals surface area contributed by atoms with Crippen molar-refractivity contribution in [2.45, 2.75) is 290 Å². The van der Waals surface area contributed by atoms with Crippen LogP contribution < -0.4 is 0 Å². The minimum Gasteiger partial charge on any atom is -0.462 e. The molecule has 1 atom stereocenters. The normalized spacial score (nSPS) is 12.4. The van der Waals surface area contributed by atoms with Crippen LogP contribution in [0.3, 0.4) is 0 Å². The van der Waals surface area contributed by atoms with Crippen molar-refractivity contribution >= 4 is 17.9 Å². The first-order chi connectivity index (χ1) is 31.5. The highest BCUT2D eigenvalue weighted by molar-refractivity contribution is 5.71. The quantitative estimate of drug-likeness (QED) is 0.0262. The predicted molar refractivity (Wildman–Crippen MR) is 275 cm³/mol. The molecule has 6 nitrogen and oxygen atoms in total. The van der Waals surface area contributed by atoms with Gasteiger partial charge in [0.05, 0.1) is 0 Å². The third-order valence-electron chi connectivity index (χ3n) is 12.1. The van der Waals surface area contributed by atoms with Crippen LogP contribution in [0, 0.1) is 0 Å². The maximum Gasteiger partial charge on any atom is 0.306 e. The molecule has 0 unspecified atom stereocenters. The van der Waals surface area contributed by atoms with E-state index in [-0.39, 0.29) is 31.1 Å². The summed E-state index contributed by atoms with van der Waals surface area (Å²) in [4.78, 5) is 38.0. The molecule has 0 amide bonds. The van der Waals surface area contributed by atoms with E-state index in [4.69, 9.17) is 14.2 Å². The molecule has 0 saturated heterocycles. The van der Waals surface area contributed by atoms with Crippen molar-refractivity contribution in [3.63, 3.8) is 0 Å². The van der Waals surface area contributed by atoms with Crippen molar-refractivity contribution in [3.05, 3.63) is 48.6 Å². The van der Waals surface area contributed by atoms with Crippen molar-refractivity contribution in [2.24, 2.45) is 0 Å². The third-order valence-corrected chi connectivity index (χ3v) is 12.1. The molecule has 0 spiro atoms. The van der Waals surface area contributed by atoms with Gasteiger partial charge in [-0.3, -0.25) is 14.4 Å². The molecule has 0 radical (unpaired) electrons. The second-order valence-electron chi connectivity index (χ2n) is 18.5. The van der Waals surface area contributed by atoms with Crippen LogP contribution >= 0.6 is 0 Å². The van der Waals surface area contributed by atoms with Gasteiger partial charge in [0.1, 0.15) is 13.2 Å². The first-order valence-electron chi connectivity index (χ1n) is 27.6. The van der Waals surface area contributed by atoms with E-state index in [0.717, 1.165) is 83.5 Å². The van der Waals surface area contributed by atoms with Gasteiger partial charge in [-0.05, 0) is 77.0 Å². The molecule has 0 aliphatic rings. The lowest BCUT2D eigenvalue weighted by atomic mass is 10.0. The fourth-order valence-electron chi connectivity index (χ4n) is 7.84. The summed E-state index contributed by atoms with van der Waals surface area (Å²) in [5.74, 6) is -0.889. The Morgan fingerprint density at radius 3 is 0.969 bits per heavy atom. The molecule has 0 saturated carbocycles. The number of esters is 3. The molecule has 0 aromatic rings. The van der Waals surface area contributed by atoms with Crippen LogP contribution in [0.2, 0.25) is 0 Å². The van der Waals surface area contributed by atoms with E-state index in [1.54, 1.807) is 0 Å². The van der Waals surface area contributed by atoms with E-state index in [1.807, 2.05) is 0 Å². The van der Waals surface area contributed by atoms with Crippen LogP contribution in [-0.2, 0) is 28.6 Å². The highest BCUT2D eigenvalue weighted by atomic mass is 16.6. The van der Waals surface area contributed by atoms with Crippen LogP contribution in [0.4, 0.5) is 0 Å². The fraction of sp³-hybridized carbons (Fsp3) is 0.810. The number of carbonyl (C=O) groups is 3. The van der Waals surface area contributed by atoms with Crippen molar-refractivity contribution in [1.82, 2.24) is 0 Å². The van der Waals surface area contributed by atoms with Gasteiger partial charge in [-0.2, -0.15) is 0 Å². The third kappa shape index (κ3) is 50.4. The van der Waals surface area contributed by atoms with Gasteiger partial charge in [-0.1, -0.05) is 236 Å². The zero-order valence-corrected chi connectivity index (χ0v) is 42.6. The summed E-state index contributed by atoms with van der Waals surface area (Å²) in [6.07, 6.45) is 63.8. The van der Waals surface area contributed by atoms with Gasteiger partial charge in [0.25, 0.3) is 0 Å². The SMILES string of the molecule is CCCC/C=C\CCCCCCCC(=O)OC[C@H](COC(=O)CCCCCCCC/C=C\C/C=C\C/C=C\CCCCC)OC(=O)CCCCCCCCCCCCCCCCCC. The molecule has 0 heterocycles. The van der Waals surface area contributed by atoms with E-state index in [2.05, 4.69) is 69.4 Å². The van der Waals surface area contributed by atoms with Gasteiger partial charge in [0.2, 0.25) is 0 Å². The number of allylic oxidation sites excluding steroid dienone is 8. The Morgan fingerprint density at radius 2 is 0.578 bits per heavy atom. The van der Waals surface area contributed by atoms with Crippen LogP contribution in [0.15, 0.2) is 48.6 Å². The smallest absolute Gasteiger partial charge is 0.306 e. The summed E-state index contributed by atoms with van der Waals surface area (Å²) < 4.78 is 16.8. The molecule has 64 heavy (non-hydrogen) atoms. The number of rotatable bonds is 50. The van der Waals surface area contributed by atoms with E-state index in [0.29, 0.717) is 19.3 Å². The van der Waals surface area contributed by atoms with E-state index in [9.17, 15) is 14.4 Å². The summed E-state index contributed by atoms with van der Waals surface area (Å²) >= 11 is 0. The van der Waals surface area contributed by atoms with Crippen LogP contribution in [0.25, 0.3) is 0 Å². The molecular weight excluding hydrogens is 793 g/mol. The molecule has 6 heteroatoms. The molecular formula is C58H104O6. The van der Waals surface area contributed by atoms with Crippen molar-refractivity contribution in [3.8, 4) is 0 Å². The summed E-state index contributed by atoms with van der Waals surface area (Å²) in [5.41, 5.74) is 0. The fourth-order valence-corrected chi connectivity index (χ4v) is 7.84. The molecule has 372 valence electrons. The van der Waals surface area contributed by atoms with Crippen molar-refractivity contribution < 1.29 is 28.6 Å². The summed E-state index contributed by atoms with van der Waals surface area (Å²) in [5, 5.41) is 0. The largest absolute Gasteiger partial charge is 0.462 e. The first kappa shape index (κ1) is 61.4. The van der Waals surface area contributed by atoms with Crippen molar-refractivity contribution in [1.29, 1.82) is 0 Å². The van der Waals surface area contributed by atoms with Gasteiger partial charge in [-0.15, -0.1) is 0 Å². The van der Waals surface area contributed by atoms with E-state index in [1.165, 1.54) is 161 Å². The number of carbonyl (C=O) groups excluding carboxylic acids is 3. The average Bonchev–Trinajstić information content (AvgIpc) is 3.29. The zero-order chi connectivity index (χ0) is 46.5. The Bertz CT molecular complexity index is 1120. The average molecular weight is 897 g/mol. The van der Waals surface area contributed by atoms with Gasteiger partial charge >= 0.3 is 17.9 Å². The van der Waals surface area contributed by atoms with E-state index >= 15 is 0 Å². The Balaban J connectivity index is 4.34. The highest BCUT2D eigenvalue weighted by Crippen LogP contribution is 2.16. The monoisotopic (exact) mass is 897 g/mol. The number of hydrogen-bond donors (Lipinski definition) is 0. The molecule has 0 rings (SSSR count). The lowest BCUT2D eigenvalue weighted by molar-refractivity contribution is -0.167. The van der Waals surface area contributed by atoms with Gasteiger partial charge < -0.3 is 14.2 Å². The number of ether oxygens (including phenoxy) is 3. The standard InChI is InChI=1S/C58H104O6/c1-4-7-10-13-16-19-22-24-26-28-29-30-32-33-36-39-42-45-48-51-57(60)63-54-55(53-62-56(59)50-47-44-41-38-35-21-18-15-12-9-6-3)64-58(61)52-49-46-43-40-37-34-31-27-25-23-20-17-14-11-8-5-2/h15-16,18-19,24,26,29-30,55H,4-14,17,20-23,25,27-28,31-54H2,1-3H3/b18-15-,19-16-,26-24-,30-29-/t55-/m1/s1. The Hall–Kier alpha value is -2.63. The highest BCUT2D eigenvalue weighted by Gasteiger charge is 2.19. The molecule has 0 fully saturated rings. The summed E-state index contributed by atoms with van der Waals surface area (Å²) in [6, 6.07) is 0.